The van der Waals surface area contributed by atoms with E-state index in [0.29, 0.717) is 28.6 Å². The highest BCUT2D eigenvalue weighted by molar-refractivity contribution is 6.30. The number of carbonyl (C=O) groups is 1. The molecule has 4 aromatic rings. The normalized spacial score (nSPS) is 15.6. The molecule has 1 amide bonds. The van der Waals surface area contributed by atoms with Crippen LogP contribution in [-0.4, -0.2) is 22.3 Å². The number of oxazole rings is 1. The van der Waals surface area contributed by atoms with E-state index in [9.17, 15) is 18.0 Å². The third-order valence-electron chi connectivity index (χ3n) is 6.46. The van der Waals surface area contributed by atoms with Gasteiger partial charge in [-0.15, -0.1) is 0 Å². The SMILES string of the molecule is Cc1oc(-c2ccc(C(F)(F)F)cc2)nc1CC(=O)N1CCc2ccccc2C1c1ccc(Cl)cc1. The van der Waals surface area contributed by atoms with Crippen LogP contribution in [0.5, 0.6) is 0 Å². The average molecular weight is 511 g/mol. The number of aromatic nitrogens is 1. The van der Waals surface area contributed by atoms with E-state index in [-0.39, 0.29) is 24.3 Å². The van der Waals surface area contributed by atoms with Gasteiger partial charge in [-0.25, -0.2) is 4.98 Å². The number of hydrogen-bond acceptors (Lipinski definition) is 3. The van der Waals surface area contributed by atoms with Crippen LogP contribution in [0.25, 0.3) is 11.5 Å². The molecule has 1 aromatic heterocycles. The van der Waals surface area contributed by atoms with Crippen LogP contribution < -0.4 is 0 Å². The Hall–Kier alpha value is -3.58. The molecule has 0 fully saturated rings. The highest BCUT2D eigenvalue weighted by Crippen LogP contribution is 2.36. The molecule has 1 aliphatic rings. The maximum Gasteiger partial charge on any atom is 0.416 e. The van der Waals surface area contributed by atoms with Crippen molar-refractivity contribution in [2.75, 3.05) is 6.54 Å². The van der Waals surface area contributed by atoms with Crippen LogP contribution >= 0.6 is 11.6 Å². The number of alkyl halides is 3. The van der Waals surface area contributed by atoms with Crippen molar-refractivity contribution < 1.29 is 22.4 Å². The Morgan fingerprint density at radius 2 is 1.75 bits per heavy atom. The zero-order chi connectivity index (χ0) is 25.4. The molecule has 0 saturated carbocycles. The zero-order valence-corrected chi connectivity index (χ0v) is 20.1. The lowest BCUT2D eigenvalue weighted by Gasteiger charge is -2.38. The Balaban J connectivity index is 1.42. The molecule has 0 N–H and O–H groups in total. The summed E-state index contributed by atoms with van der Waals surface area (Å²) in [6.45, 7) is 2.25. The number of rotatable bonds is 4. The van der Waals surface area contributed by atoms with E-state index in [4.69, 9.17) is 16.0 Å². The molecule has 0 saturated heterocycles. The van der Waals surface area contributed by atoms with Gasteiger partial charge in [-0.2, -0.15) is 13.2 Å². The van der Waals surface area contributed by atoms with Gasteiger partial charge in [0.2, 0.25) is 11.8 Å². The first-order chi connectivity index (χ1) is 17.2. The molecule has 5 rings (SSSR count). The first kappa shape index (κ1) is 24.1. The lowest BCUT2D eigenvalue weighted by molar-refractivity contribution is -0.137. The van der Waals surface area contributed by atoms with Crippen molar-refractivity contribution in [3.8, 4) is 11.5 Å². The summed E-state index contributed by atoms with van der Waals surface area (Å²) in [5.41, 5.74) is 3.36. The average Bonchev–Trinajstić information content (AvgIpc) is 3.23. The first-order valence-electron chi connectivity index (χ1n) is 11.5. The van der Waals surface area contributed by atoms with Crippen molar-refractivity contribution in [1.82, 2.24) is 9.88 Å². The van der Waals surface area contributed by atoms with Gasteiger partial charge in [0.05, 0.1) is 23.7 Å². The van der Waals surface area contributed by atoms with Gasteiger partial charge in [0, 0.05) is 17.1 Å². The highest BCUT2D eigenvalue weighted by Gasteiger charge is 2.33. The summed E-state index contributed by atoms with van der Waals surface area (Å²) in [5, 5.41) is 0.620. The van der Waals surface area contributed by atoms with Crippen LogP contribution in [0.3, 0.4) is 0 Å². The maximum atomic E-state index is 13.6. The van der Waals surface area contributed by atoms with Crippen LogP contribution in [0, 0.1) is 6.92 Å². The summed E-state index contributed by atoms with van der Waals surface area (Å²) in [6.07, 6.45) is -3.67. The molecule has 0 bridgehead atoms. The molecule has 4 nitrogen and oxygen atoms in total. The second kappa shape index (κ2) is 9.47. The predicted octanol–water partition coefficient (Wildman–Crippen LogP) is 7.04. The minimum Gasteiger partial charge on any atom is -0.441 e. The summed E-state index contributed by atoms with van der Waals surface area (Å²) in [7, 11) is 0. The first-order valence-corrected chi connectivity index (χ1v) is 11.8. The molecule has 1 aliphatic heterocycles. The van der Waals surface area contributed by atoms with Gasteiger partial charge < -0.3 is 9.32 Å². The molecule has 0 aliphatic carbocycles. The lowest BCUT2D eigenvalue weighted by atomic mass is 9.88. The van der Waals surface area contributed by atoms with Crippen molar-refractivity contribution in [2.45, 2.75) is 32.0 Å². The number of carbonyl (C=O) groups excluding carboxylic acids is 1. The molecular formula is C28H22ClF3N2O2. The van der Waals surface area contributed by atoms with Crippen molar-refractivity contribution in [1.29, 1.82) is 0 Å². The topological polar surface area (TPSA) is 46.3 Å². The van der Waals surface area contributed by atoms with E-state index in [1.54, 1.807) is 6.92 Å². The monoisotopic (exact) mass is 510 g/mol. The molecule has 1 atom stereocenters. The van der Waals surface area contributed by atoms with Gasteiger partial charge in [-0.1, -0.05) is 48.0 Å². The van der Waals surface area contributed by atoms with Crippen LogP contribution in [0.2, 0.25) is 5.02 Å². The number of nitrogens with zero attached hydrogens (tertiary/aromatic N) is 2. The predicted molar refractivity (Wildman–Crippen MR) is 131 cm³/mol. The molecule has 0 spiro atoms. The van der Waals surface area contributed by atoms with E-state index in [1.165, 1.54) is 17.7 Å². The Kier molecular flexibility index (Phi) is 6.35. The van der Waals surface area contributed by atoms with Gasteiger partial charge in [-0.3, -0.25) is 4.79 Å². The summed E-state index contributed by atoms with van der Waals surface area (Å²) in [4.78, 5) is 19.9. The summed E-state index contributed by atoms with van der Waals surface area (Å²) in [6, 6.07) is 19.9. The Morgan fingerprint density at radius 1 is 1.06 bits per heavy atom. The molecule has 2 heterocycles. The number of halogens is 4. The third-order valence-corrected chi connectivity index (χ3v) is 6.71. The van der Waals surface area contributed by atoms with Crippen molar-refractivity contribution in [3.63, 3.8) is 0 Å². The zero-order valence-electron chi connectivity index (χ0n) is 19.3. The van der Waals surface area contributed by atoms with Crippen LogP contribution in [0.4, 0.5) is 13.2 Å². The second-order valence-electron chi connectivity index (χ2n) is 8.76. The van der Waals surface area contributed by atoms with Crippen molar-refractivity contribution >= 4 is 17.5 Å². The molecule has 1 unspecified atom stereocenters. The van der Waals surface area contributed by atoms with E-state index >= 15 is 0 Å². The van der Waals surface area contributed by atoms with Crippen molar-refractivity contribution in [3.05, 3.63) is 112 Å². The Labute approximate surface area is 211 Å². The van der Waals surface area contributed by atoms with Crippen LogP contribution in [-0.2, 0) is 23.8 Å². The Bertz CT molecular complexity index is 1400. The van der Waals surface area contributed by atoms with E-state index < -0.39 is 11.7 Å². The van der Waals surface area contributed by atoms with Gasteiger partial charge in [0.1, 0.15) is 5.76 Å². The van der Waals surface area contributed by atoms with Gasteiger partial charge in [0.15, 0.2) is 0 Å². The molecule has 184 valence electrons. The van der Waals surface area contributed by atoms with E-state index in [2.05, 4.69) is 11.1 Å². The number of fused-ring (bicyclic) bond motifs is 1. The summed E-state index contributed by atoms with van der Waals surface area (Å²) in [5.74, 6) is 0.529. The molecule has 8 heteroatoms. The molecular weight excluding hydrogens is 489 g/mol. The number of hydrogen-bond donors (Lipinski definition) is 0. The van der Waals surface area contributed by atoms with E-state index in [1.807, 2.05) is 47.4 Å². The number of amides is 1. The molecule has 0 radical (unpaired) electrons. The number of aryl methyl sites for hydroxylation is 1. The standard InChI is InChI=1S/C28H22ClF3N2O2/c1-17-24(33-27(36-17)20-6-10-21(11-7-20)28(30,31)32)16-25(35)34-15-14-18-4-2-3-5-23(18)26(34)19-8-12-22(29)13-9-19/h2-13,26H,14-16H2,1H3. The van der Waals surface area contributed by atoms with Gasteiger partial charge >= 0.3 is 6.18 Å². The lowest BCUT2D eigenvalue weighted by Crippen LogP contribution is -2.41. The minimum absolute atomic E-state index is 0.0161. The van der Waals surface area contributed by atoms with Gasteiger partial charge in [0.25, 0.3) is 0 Å². The van der Waals surface area contributed by atoms with Crippen molar-refractivity contribution in [2.24, 2.45) is 0 Å². The minimum atomic E-state index is -4.42. The number of benzene rings is 3. The molecule has 3 aromatic carbocycles. The summed E-state index contributed by atoms with van der Waals surface area (Å²) >= 11 is 6.10. The summed E-state index contributed by atoms with van der Waals surface area (Å²) < 4.78 is 44.4. The van der Waals surface area contributed by atoms with Crippen LogP contribution in [0.1, 0.15) is 39.7 Å². The highest BCUT2D eigenvalue weighted by atomic mass is 35.5. The smallest absolute Gasteiger partial charge is 0.416 e. The second-order valence-corrected chi connectivity index (χ2v) is 9.20. The van der Waals surface area contributed by atoms with Crippen LogP contribution in [0.15, 0.2) is 77.2 Å². The largest absolute Gasteiger partial charge is 0.441 e. The maximum absolute atomic E-state index is 13.6. The quantitative estimate of drug-likeness (QED) is 0.296. The van der Waals surface area contributed by atoms with Gasteiger partial charge in [-0.05, 0) is 66.4 Å². The molecule has 36 heavy (non-hydrogen) atoms. The fraction of sp³-hybridized carbons (Fsp3) is 0.214. The van der Waals surface area contributed by atoms with E-state index in [0.717, 1.165) is 29.7 Å². The Morgan fingerprint density at radius 3 is 2.44 bits per heavy atom. The fourth-order valence-electron chi connectivity index (χ4n) is 4.60. The fourth-order valence-corrected chi connectivity index (χ4v) is 4.73. The third kappa shape index (κ3) is 4.75.